The first-order chi connectivity index (χ1) is 9.22. The first kappa shape index (κ1) is 13.0. The predicted octanol–water partition coefficient (Wildman–Crippen LogP) is 2.58. The minimum atomic E-state index is -0.584. The predicted molar refractivity (Wildman–Crippen MR) is 72.1 cm³/mol. The molecule has 2 heterocycles. The summed E-state index contributed by atoms with van der Waals surface area (Å²) < 4.78 is 0. The summed E-state index contributed by atoms with van der Waals surface area (Å²) in [5.41, 5.74) is -0.255. The lowest BCUT2D eigenvalue weighted by atomic mass is 10.2. The van der Waals surface area contributed by atoms with Crippen molar-refractivity contribution in [3.05, 3.63) is 50.3 Å². The fraction of sp³-hybridized carbons (Fsp3) is 0.167. The Labute approximate surface area is 113 Å². The molecular weight excluding hydrogens is 264 g/mol. The van der Waals surface area contributed by atoms with E-state index in [1.54, 1.807) is 17.4 Å². The summed E-state index contributed by atoms with van der Waals surface area (Å²) in [6.45, 7) is 0.531. The van der Waals surface area contributed by atoms with Gasteiger partial charge in [-0.05, 0) is 23.9 Å². The first-order valence-corrected chi connectivity index (χ1v) is 6.40. The van der Waals surface area contributed by atoms with Gasteiger partial charge in [0.05, 0.1) is 4.92 Å². The molecule has 2 rings (SSSR count). The number of hydrogen-bond donors (Lipinski definition) is 1. The molecule has 0 spiro atoms. The number of pyridine rings is 1. The van der Waals surface area contributed by atoms with Crippen LogP contribution >= 0.6 is 11.3 Å². The second kappa shape index (κ2) is 5.93. The van der Waals surface area contributed by atoms with E-state index in [1.165, 1.54) is 17.1 Å². The molecule has 1 N–H and O–H groups in total. The molecule has 0 aliphatic carbocycles. The monoisotopic (exact) mass is 274 g/mol. The van der Waals surface area contributed by atoms with Gasteiger partial charge in [0.15, 0.2) is 0 Å². The Morgan fingerprint density at radius 1 is 1.53 bits per heavy atom. The molecule has 0 atom stereocenters. The molecule has 2 aromatic rings. The summed E-state index contributed by atoms with van der Waals surface area (Å²) in [7, 11) is 0. The van der Waals surface area contributed by atoms with E-state index < -0.39 is 4.92 Å². The third kappa shape index (κ3) is 3.05. The van der Waals surface area contributed by atoms with Crippen LogP contribution in [0.5, 0.6) is 0 Å². The highest BCUT2D eigenvalue weighted by Gasteiger charge is 2.20. The van der Waals surface area contributed by atoms with Gasteiger partial charge in [0, 0.05) is 17.6 Å². The number of nitriles is 1. The van der Waals surface area contributed by atoms with Gasteiger partial charge in [0.1, 0.15) is 11.6 Å². The Morgan fingerprint density at radius 3 is 3.00 bits per heavy atom. The maximum absolute atomic E-state index is 11.0. The Kier molecular flexibility index (Phi) is 4.05. The molecule has 0 radical (unpaired) electrons. The quantitative estimate of drug-likeness (QED) is 0.668. The second-order valence-corrected chi connectivity index (χ2v) is 4.71. The van der Waals surface area contributed by atoms with Crippen LogP contribution < -0.4 is 5.32 Å². The maximum atomic E-state index is 11.0. The van der Waals surface area contributed by atoms with E-state index in [9.17, 15) is 10.1 Å². The number of aromatic nitrogens is 1. The van der Waals surface area contributed by atoms with Crippen molar-refractivity contribution in [3.8, 4) is 6.07 Å². The van der Waals surface area contributed by atoms with Crippen LogP contribution in [0.25, 0.3) is 0 Å². The molecule has 6 nitrogen and oxygen atoms in total. The molecule has 0 fully saturated rings. The van der Waals surface area contributed by atoms with Crippen LogP contribution in [0.2, 0.25) is 0 Å². The molecule has 0 unspecified atom stereocenters. The number of rotatable bonds is 5. The minimum absolute atomic E-state index is 0.0126. The number of nitro groups is 1. The van der Waals surface area contributed by atoms with Gasteiger partial charge in [-0.1, -0.05) is 6.07 Å². The van der Waals surface area contributed by atoms with E-state index >= 15 is 0 Å². The molecule has 96 valence electrons. The normalized spacial score (nSPS) is 9.84. The van der Waals surface area contributed by atoms with Gasteiger partial charge in [-0.15, -0.1) is 11.3 Å². The summed E-state index contributed by atoms with van der Waals surface area (Å²) >= 11 is 1.63. The molecule has 0 aliphatic heterocycles. The molecule has 0 bridgehead atoms. The zero-order valence-corrected chi connectivity index (χ0v) is 10.7. The molecular formula is C12H10N4O2S. The molecule has 0 amide bonds. The fourth-order valence-electron chi connectivity index (χ4n) is 1.62. The van der Waals surface area contributed by atoms with Crippen LogP contribution in [0.15, 0.2) is 29.8 Å². The lowest BCUT2D eigenvalue weighted by Crippen LogP contribution is -2.08. The highest BCUT2D eigenvalue weighted by Crippen LogP contribution is 2.25. The van der Waals surface area contributed by atoms with Crippen molar-refractivity contribution in [2.24, 2.45) is 0 Å². The molecule has 0 aliphatic rings. The third-order valence-electron chi connectivity index (χ3n) is 2.47. The van der Waals surface area contributed by atoms with Crippen molar-refractivity contribution >= 4 is 22.8 Å². The van der Waals surface area contributed by atoms with E-state index in [4.69, 9.17) is 5.26 Å². The summed E-state index contributed by atoms with van der Waals surface area (Å²) in [5.74, 6) is 0.139. The summed E-state index contributed by atoms with van der Waals surface area (Å²) in [4.78, 5) is 15.5. The van der Waals surface area contributed by atoms with Crippen molar-refractivity contribution < 1.29 is 4.92 Å². The minimum Gasteiger partial charge on any atom is -0.364 e. The summed E-state index contributed by atoms with van der Waals surface area (Å²) in [6.07, 6.45) is 2.15. The van der Waals surface area contributed by atoms with Crippen molar-refractivity contribution in [1.29, 1.82) is 5.26 Å². The molecule has 0 saturated heterocycles. The van der Waals surface area contributed by atoms with Gasteiger partial charge in [-0.3, -0.25) is 10.1 Å². The van der Waals surface area contributed by atoms with Gasteiger partial charge in [0.2, 0.25) is 5.82 Å². The molecule has 2 aromatic heterocycles. The Balaban J connectivity index is 2.12. The van der Waals surface area contributed by atoms with Crippen LogP contribution in [-0.4, -0.2) is 16.5 Å². The lowest BCUT2D eigenvalue weighted by Gasteiger charge is -2.05. The molecule has 0 saturated carbocycles. The Hall–Kier alpha value is -2.46. The zero-order chi connectivity index (χ0) is 13.7. The van der Waals surface area contributed by atoms with Crippen LogP contribution in [0.4, 0.5) is 11.5 Å². The van der Waals surface area contributed by atoms with Crippen molar-refractivity contribution in [3.63, 3.8) is 0 Å². The van der Waals surface area contributed by atoms with Gasteiger partial charge < -0.3 is 5.32 Å². The van der Waals surface area contributed by atoms with E-state index in [2.05, 4.69) is 10.3 Å². The van der Waals surface area contributed by atoms with E-state index in [0.29, 0.717) is 6.54 Å². The lowest BCUT2D eigenvalue weighted by molar-refractivity contribution is -0.384. The largest absolute Gasteiger partial charge is 0.364 e. The Bertz CT molecular complexity index is 619. The van der Waals surface area contributed by atoms with Gasteiger partial charge in [-0.25, -0.2) is 4.98 Å². The van der Waals surface area contributed by atoms with E-state index in [-0.39, 0.29) is 17.1 Å². The average Bonchev–Trinajstić information content (AvgIpc) is 2.91. The second-order valence-electron chi connectivity index (χ2n) is 3.68. The number of anilines is 1. The number of nitrogens with zero attached hydrogens (tertiary/aromatic N) is 3. The molecule has 7 heteroatoms. The average molecular weight is 274 g/mol. The van der Waals surface area contributed by atoms with E-state index in [0.717, 1.165) is 6.42 Å². The maximum Gasteiger partial charge on any atom is 0.328 e. The smallest absolute Gasteiger partial charge is 0.328 e. The SMILES string of the molecule is N#Cc1ccnc(NCCc2cccs2)c1[N+](=O)[O-]. The first-order valence-electron chi connectivity index (χ1n) is 5.52. The topological polar surface area (TPSA) is 91.8 Å². The summed E-state index contributed by atoms with van der Waals surface area (Å²) in [6, 6.07) is 7.09. The van der Waals surface area contributed by atoms with Crippen LogP contribution in [-0.2, 0) is 6.42 Å². The molecule has 19 heavy (non-hydrogen) atoms. The van der Waals surface area contributed by atoms with Crippen LogP contribution in [0.1, 0.15) is 10.4 Å². The number of thiophene rings is 1. The standard InChI is InChI=1S/C12H10N4O2S/c13-8-9-3-5-14-12(11(9)16(17)18)15-6-4-10-2-1-7-19-10/h1-3,5,7H,4,6H2,(H,14,15). The number of nitrogens with one attached hydrogen (secondary N) is 1. The van der Waals surface area contributed by atoms with Crippen molar-refractivity contribution in [2.45, 2.75) is 6.42 Å². The molecule has 0 aromatic carbocycles. The fourth-order valence-corrected chi connectivity index (χ4v) is 2.33. The van der Waals surface area contributed by atoms with Gasteiger partial charge in [-0.2, -0.15) is 5.26 Å². The third-order valence-corrected chi connectivity index (χ3v) is 3.41. The van der Waals surface area contributed by atoms with Crippen molar-refractivity contribution in [1.82, 2.24) is 4.98 Å². The van der Waals surface area contributed by atoms with Crippen LogP contribution in [0.3, 0.4) is 0 Å². The number of hydrogen-bond acceptors (Lipinski definition) is 6. The van der Waals surface area contributed by atoms with Gasteiger partial charge in [0.25, 0.3) is 0 Å². The zero-order valence-electron chi connectivity index (χ0n) is 9.87. The highest BCUT2D eigenvalue weighted by molar-refractivity contribution is 7.09. The van der Waals surface area contributed by atoms with Gasteiger partial charge >= 0.3 is 5.69 Å². The van der Waals surface area contributed by atoms with Crippen LogP contribution in [0, 0.1) is 21.4 Å². The highest BCUT2D eigenvalue weighted by atomic mass is 32.1. The van der Waals surface area contributed by atoms with E-state index in [1.807, 2.05) is 17.5 Å². The Morgan fingerprint density at radius 2 is 2.37 bits per heavy atom. The summed E-state index contributed by atoms with van der Waals surface area (Å²) in [5, 5.41) is 24.7. The van der Waals surface area contributed by atoms with Crippen molar-refractivity contribution in [2.75, 3.05) is 11.9 Å².